The SMILES string of the molecule is CC(=O)N(c1ccccc1)c1nc(COC(=O)[C@H]2CS[C@@]3(c4ccccc4)CCC(=O)N23)cs1. The fourth-order valence-electron chi connectivity index (χ4n) is 4.53. The lowest BCUT2D eigenvalue weighted by Crippen LogP contribution is -2.46. The number of carbonyl (C=O) groups excluding carboxylic acids is 3. The third-order valence-corrected chi connectivity index (χ3v) is 8.52. The average Bonchev–Trinajstić information content (AvgIpc) is 3.55. The van der Waals surface area contributed by atoms with Crippen LogP contribution in [-0.4, -0.2) is 39.5 Å². The van der Waals surface area contributed by atoms with Gasteiger partial charge >= 0.3 is 5.97 Å². The minimum absolute atomic E-state index is 0.0165. The summed E-state index contributed by atoms with van der Waals surface area (Å²) in [7, 11) is 0. The summed E-state index contributed by atoms with van der Waals surface area (Å²) >= 11 is 2.94. The normalized spacial score (nSPS) is 21.4. The highest BCUT2D eigenvalue weighted by Crippen LogP contribution is 2.54. The summed E-state index contributed by atoms with van der Waals surface area (Å²) in [4.78, 5) is 45.3. The van der Waals surface area contributed by atoms with E-state index in [4.69, 9.17) is 4.74 Å². The van der Waals surface area contributed by atoms with Gasteiger partial charge in [-0.15, -0.1) is 23.1 Å². The molecule has 0 radical (unpaired) electrons. The van der Waals surface area contributed by atoms with E-state index in [2.05, 4.69) is 4.98 Å². The van der Waals surface area contributed by atoms with Gasteiger partial charge in [-0.3, -0.25) is 14.5 Å². The highest BCUT2D eigenvalue weighted by atomic mass is 32.2. The largest absolute Gasteiger partial charge is 0.458 e. The van der Waals surface area contributed by atoms with E-state index in [-0.39, 0.29) is 18.4 Å². The Morgan fingerprint density at radius 3 is 2.56 bits per heavy atom. The monoisotopic (exact) mass is 493 g/mol. The second-order valence-corrected chi connectivity index (χ2v) is 10.3. The lowest BCUT2D eigenvalue weighted by molar-refractivity contribution is -0.155. The summed E-state index contributed by atoms with van der Waals surface area (Å²) in [6, 6.07) is 18.5. The number of ether oxygens (including phenoxy) is 1. The maximum absolute atomic E-state index is 13.0. The van der Waals surface area contributed by atoms with Gasteiger partial charge in [-0.1, -0.05) is 48.5 Å². The van der Waals surface area contributed by atoms with E-state index in [0.29, 0.717) is 29.4 Å². The van der Waals surface area contributed by atoms with Crippen LogP contribution in [0.3, 0.4) is 0 Å². The number of benzene rings is 2. The molecule has 7 nitrogen and oxygen atoms in total. The molecule has 0 aliphatic carbocycles. The number of hydrogen-bond acceptors (Lipinski definition) is 7. The van der Waals surface area contributed by atoms with Crippen LogP contribution in [0.2, 0.25) is 0 Å². The highest BCUT2D eigenvalue weighted by molar-refractivity contribution is 8.00. The number of amides is 2. The zero-order valence-electron chi connectivity index (χ0n) is 18.5. The lowest BCUT2D eigenvalue weighted by Gasteiger charge is -2.33. The van der Waals surface area contributed by atoms with E-state index < -0.39 is 16.9 Å². The van der Waals surface area contributed by atoms with E-state index >= 15 is 0 Å². The van der Waals surface area contributed by atoms with Gasteiger partial charge in [0, 0.05) is 24.5 Å². The van der Waals surface area contributed by atoms with E-state index in [9.17, 15) is 14.4 Å². The molecule has 174 valence electrons. The third kappa shape index (κ3) is 3.99. The first-order chi connectivity index (χ1) is 16.5. The zero-order chi connectivity index (χ0) is 23.7. The van der Waals surface area contributed by atoms with Crippen molar-refractivity contribution in [3.05, 3.63) is 77.3 Å². The molecule has 9 heteroatoms. The molecular weight excluding hydrogens is 470 g/mol. The molecule has 0 spiro atoms. The van der Waals surface area contributed by atoms with Gasteiger partial charge in [-0.2, -0.15) is 0 Å². The Hall–Kier alpha value is -3.17. The minimum Gasteiger partial charge on any atom is -0.458 e. The summed E-state index contributed by atoms with van der Waals surface area (Å²) in [6.45, 7) is 1.47. The first-order valence-electron chi connectivity index (χ1n) is 11.0. The second-order valence-electron chi connectivity index (χ2n) is 8.16. The number of para-hydroxylation sites is 1. The van der Waals surface area contributed by atoms with E-state index in [1.165, 1.54) is 23.2 Å². The van der Waals surface area contributed by atoms with E-state index in [0.717, 1.165) is 11.3 Å². The molecule has 0 unspecified atom stereocenters. The summed E-state index contributed by atoms with van der Waals surface area (Å²) in [5.74, 6) is -0.112. The van der Waals surface area contributed by atoms with Gasteiger partial charge in [0.05, 0.1) is 11.4 Å². The predicted octanol–water partition coefficient (Wildman–Crippen LogP) is 4.46. The lowest BCUT2D eigenvalue weighted by atomic mass is 10.0. The van der Waals surface area contributed by atoms with Crippen molar-refractivity contribution in [3.8, 4) is 0 Å². The van der Waals surface area contributed by atoms with Crippen molar-refractivity contribution in [1.82, 2.24) is 9.88 Å². The number of aromatic nitrogens is 1. The molecule has 2 aliphatic heterocycles. The van der Waals surface area contributed by atoms with Crippen molar-refractivity contribution in [2.75, 3.05) is 10.7 Å². The van der Waals surface area contributed by atoms with Crippen molar-refractivity contribution in [2.45, 2.75) is 37.3 Å². The molecule has 2 fully saturated rings. The molecule has 2 amide bonds. The van der Waals surface area contributed by atoms with E-state index in [1.807, 2.05) is 60.7 Å². The number of fused-ring (bicyclic) bond motifs is 1. The first kappa shape index (κ1) is 22.6. The Labute approximate surface area is 205 Å². The average molecular weight is 494 g/mol. The number of carbonyl (C=O) groups is 3. The number of hydrogen-bond donors (Lipinski definition) is 0. The number of thiazole rings is 1. The molecule has 0 N–H and O–H groups in total. The van der Waals surface area contributed by atoms with Gasteiger partial charge in [-0.25, -0.2) is 9.78 Å². The fourth-order valence-corrected chi connectivity index (χ4v) is 7.03. The Kier molecular flexibility index (Phi) is 6.14. The maximum atomic E-state index is 13.0. The van der Waals surface area contributed by atoms with Crippen LogP contribution in [0.4, 0.5) is 10.8 Å². The second kappa shape index (κ2) is 9.23. The van der Waals surface area contributed by atoms with Crippen LogP contribution in [-0.2, 0) is 30.6 Å². The first-order valence-corrected chi connectivity index (χ1v) is 12.8. The third-order valence-electron chi connectivity index (χ3n) is 6.05. The maximum Gasteiger partial charge on any atom is 0.330 e. The highest BCUT2D eigenvalue weighted by Gasteiger charge is 2.57. The van der Waals surface area contributed by atoms with Crippen molar-refractivity contribution in [2.24, 2.45) is 0 Å². The minimum atomic E-state index is -0.628. The van der Waals surface area contributed by atoms with Gasteiger partial charge in [0.2, 0.25) is 11.8 Å². The van der Waals surface area contributed by atoms with Gasteiger partial charge < -0.3 is 9.64 Å². The number of rotatable bonds is 6. The molecule has 2 atom stereocenters. The van der Waals surface area contributed by atoms with Crippen LogP contribution < -0.4 is 4.90 Å². The van der Waals surface area contributed by atoms with Crippen molar-refractivity contribution in [1.29, 1.82) is 0 Å². The van der Waals surface area contributed by atoms with Gasteiger partial charge in [0.1, 0.15) is 17.5 Å². The Balaban J connectivity index is 1.29. The fraction of sp³-hybridized carbons (Fsp3) is 0.280. The van der Waals surface area contributed by atoms with Crippen LogP contribution in [0, 0.1) is 0 Å². The van der Waals surface area contributed by atoms with Gasteiger partial charge in [-0.05, 0) is 24.1 Å². The Bertz CT molecular complexity index is 1220. The molecular formula is C25H23N3O4S2. The molecule has 3 heterocycles. The summed E-state index contributed by atoms with van der Waals surface area (Å²) in [6.07, 6.45) is 1.10. The van der Waals surface area contributed by atoms with Crippen LogP contribution in [0.25, 0.3) is 0 Å². The van der Waals surface area contributed by atoms with Crippen molar-refractivity contribution >= 4 is 51.7 Å². The summed E-state index contributed by atoms with van der Waals surface area (Å²) in [5.41, 5.74) is 2.32. The van der Waals surface area contributed by atoms with Crippen molar-refractivity contribution in [3.63, 3.8) is 0 Å². The molecule has 34 heavy (non-hydrogen) atoms. The molecule has 5 rings (SSSR count). The smallest absolute Gasteiger partial charge is 0.330 e. The molecule has 2 aliphatic rings. The molecule has 1 aromatic heterocycles. The van der Waals surface area contributed by atoms with Crippen LogP contribution in [0.1, 0.15) is 31.0 Å². The zero-order valence-corrected chi connectivity index (χ0v) is 20.2. The van der Waals surface area contributed by atoms with Crippen molar-refractivity contribution < 1.29 is 19.1 Å². The van der Waals surface area contributed by atoms with Gasteiger partial charge in [0.25, 0.3) is 0 Å². The quantitative estimate of drug-likeness (QED) is 0.472. The van der Waals surface area contributed by atoms with E-state index in [1.54, 1.807) is 22.0 Å². The number of nitrogens with zero attached hydrogens (tertiary/aromatic N) is 3. The molecule has 2 saturated heterocycles. The Morgan fingerprint density at radius 1 is 1.15 bits per heavy atom. The Morgan fingerprint density at radius 2 is 1.85 bits per heavy atom. The summed E-state index contributed by atoms with van der Waals surface area (Å²) < 4.78 is 5.60. The molecule has 2 aromatic carbocycles. The summed E-state index contributed by atoms with van der Waals surface area (Å²) in [5, 5.41) is 2.29. The number of esters is 1. The van der Waals surface area contributed by atoms with Crippen LogP contribution in [0.15, 0.2) is 66.0 Å². The van der Waals surface area contributed by atoms with Gasteiger partial charge in [0.15, 0.2) is 5.13 Å². The van der Waals surface area contributed by atoms with Crippen LogP contribution in [0.5, 0.6) is 0 Å². The molecule has 3 aromatic rings. The number of anilines is 2. The number of thioether (sulfide) groups is 1. The molecule has 0 saturated carbocycles. The predicted molar refractivity (Wildman–Crippen MR) is 132 cm³/mol. The van der Waals surface area contributed by atoms with Crippen LogP contribution >= 0.6 is 23.1 Å². The topological polar surface area (TPSA) is 79.8 Å². The molecule has 0 bridgehead atoms. The standard InChI is InChI=1S/C25H23N3O4S2/c1-17(29)27(20-10-6-3-7-11-20)24-26-19(15-33-24)14-32-23(31)21-16-34-25(13-12-22(30)28(21)25)18-8-4-2-5-9-18/h2-11,15,21H,12-14,16H2,1H3/t21-,25-/m1/s1.